The normalized spacial score (nSPS) is 15.3. The lowest BCUT2D eigenvalue weighted by Crippen LogP contribution is -2.52. The number of anilines is 1. The van der Waals surface area contributed by atoms with Crippen LogP contribution in [0.15, 0.2) is 12.3 Å². The molecule has 0 aromatic carbocycles. The van der Waals surface area contributed by atoms with Gasteiger partial charge in [-0.2, -0.15) is 5.10 Å². The zero-order valence-corrected chi connectivity index (χ0v) is 14.3. The van der Waals surface area contributed by atoms with Gasteiger partial charge in [0.2, 0.25) is 5.91 Å². The summed E-state index contributed by atoms with van der Waals surface area (Å²) < 4.78 is 6.58. The van der Waals surface area contributed by atoms with E-state index in [2.05, 4.69) is 20.6 Å². The summed E-state index contributed by atoms with van der Waals surface area (Å²) in [5.41, 5.74) is 0. The number of methoxy groups -OCH3 is 1. The van der Waals surface area contributed by atoms with E-state index in [1.165, 1.54) is 0 Å². The molecule has 9 nitrogen and oxygen atoms in total. The second-order valence-corrected chi connectivity index (χ2v) is 5.76. The van der Waals surface area contributed by atoms with Gasteiger partial charge in [-0.3, -0.25) is 19.7 Å². The molecule has 3 amide bonds. The Balaban J connectivity index is 1.65. The molecule has 1 fully saturated rings. The van der Waals surface area contributed by atoms with Gasteiger partial charge in [0.05, 0.1) is 6.54 Å². The van der Waals surface area contributed by atoms with E-state index in [4.69, 9.17) is 4.74 Å². The van der Waals surface area contributed by atoms with Crippen LogP contribution in [-0.2, 0) is 16.6 Å². The third kappa shape index (κ3) is 5.82. The molecule has 1 aliphatic heterocycles. The van der Waals surface area contributed by atoms with Crippen molar-refractivity contribution in [2.45, 2.75) is 6.42 Å². The molecule has 0 bridgehead atoms. The van der Waals surface area contributed by atoms with Crippen LogP contribution >= 0.6 is 0 Å². The van der Waals surface area contributed by atoms with Crippen LogP contribution in [0.25, 0.3) is 0 Å². The Morgan fingerprint density at radius 1 is 1.29 bits per heavy atom. The molecular weight excluding hydrogens is 312 g/mol. The summed E-state index contributed by atoms with van der Waals surface area (Å²) in [6.45, 7) is 4.18. The number of piperazine rings is 1. The van der Waals surface area contributed by atoms with E-state index in [1.807, 2.05) is 0 Å². The van der Waals surface area contributed by atoms with Gasteiger partial charge in [0.1, 0.15) is 0 Å². The van der Waals surface area contributed by atoms with Crippen LogP contribution < -0.4 is 10.6 Å². The molecule has 0 atom stereocenters. The summed E-state index contributed by atoms with van der Waals surface area (Å²) in [7, 11) is 3.44. The fraction of sp³-hybridized carbons (Fsp3) is 0.667. The van der Waals surface area contributed by atoms with Crippen molar-refractivity contribution in [2.75, 3.05) is 58.3 Å². The number of rotatable bonds is 7. The maximum Gasteiger partial charge on any atom is 0.323 e. The number of urea groups is 1. The molecule has 0 spiro atoms. The van der Waals surface area contributed by atoms with Crippen LogP contribution in [0.2, 0.25) is 0 Å². The zero-order chi connectivity index (χ0) is 17.4. The van der Waals surface area contributed by atoms with Gasteiger partial charge in [-0.25, -0.2) is 4.79 Å². The summed E-state index contributed by atoms with van der Waals surface area (Å²) in [6, 6.07) is 1.60. The first-order valence-electron chi connectivity index (χ1n) is 8.12. The number of ether oxygens (including phenoxy) is 1. The predicted octanol–water partition coefficient (Wildman–Crippen LogP) is -0.278. The summed E-state index contributed by atoms with van der Waals surface area (Å²) in [5, 5.41) is 9.77. The van der Waals surface area contributed by atoms with Crippen molar-refractivity contribution in [1.29, 1.82) is 0 Å². The van der Waals surface area contributed by atoms with Gasteiger partial charge in [-0.05, 0) is 6.42 Å². The van der Waals surface area contributed by atoms with E-state index in [0.717, 1.165) is 6.42 Å². The number of hydrogen-bond acceptors (Lipinski definition) is 5. The number of nitrogens with zero attached hydrogens (tertiary/aromatic N) is 4. The Labute approximate surface area is 141 Å². The molecule has 9 heteroatoms. The van der Waals surface area contributed by atoms with Crippen LogP contribution in [0.1, 0.15) is 6.42 Å². The van der Waals surface area contributed by atoms with Crippen molar-refractivity contribution in [3.63, 3.8) is 0 Å². The smallest absolute Gasteiger partial charge is 0.323 e. The van der Waals surface area contributed by atoms with E-state index >= 15 is 0 Å². The molecule has 1 aromatic rings. The van der Waals surface area contributed by atoms with E-state index in [9.17, 15) is 9.59 Å². The Kier molecular flexibility index (Phi) is 7.01. The highest BCUT2D eigenvalue weighted by molar-refractivity contribution is 5.88. The fourth-order valence-corrected chi connectivity index (χ4v) is 2.48. The quantitative estimate of drug-likeness (QED) is 0.668. The van der Waals surface area contributed by atoms with Crippen LogP contribution in [0.3, 0.4) is 0 Å². The molecule has 24 heavy (non-hydrogen) atoms. The Morgan fingerprint density at radius 2 is 2.04 bits per heavy atom. The average molecular weight is 338 g/mol. The van der Waals surface area contributed by atoms with Gasteiger partial charge in [0.15, 0.2) is 5.82 Å². The maximum atomic E-state index is 12.2. The van der Waals surface area contributed by atoms with Crippen LogP contribution in [-0.4, -0.2) is 84.5 Å². The molecule has 0 saturated carbocycles. The van der Waals surface area contributed by atoms with Gasteiger partial charge in [0.25, 0.3) is 0 Å². The molecule has 0 aliphatic carbocycles. The van der Waals surface area contributed by atoms with Crippen molar-refractivity contribution in [2.24, 2.45) is 7.05 Å². The summed E-state index contributed by atoms with van der Waals surface area (Å²) in [6.07, 6.45) is 2.59. The molecule has 0 unspecified atom stereocenters. The van der Waals surface area contributed by atoms with Gasteiger partial charge >= 0.3 is 6.03 Å². The van der Waals surface area contributed by atoms with Gasteiger partial charge in [-0.15, -0.1) is 0 Å². The SMILES string of the molecule is COCCCNC(=O)CN1CCN(C(=O)Nc2ccn(C)n2)CC1. The largest absolute Gasteiger partial charge is 0.385 e. The highest BCUT2D eigenvalue weighted by Crippen LogP contribution is 2.06. The van der Waals surface area contributed by atoms with Gasteiger partial charge in [-0.1, -0.05) is 0 Å². The van der Waals surface area contributed by atoms with Crippen molar-refractivity contribution in [1.82, 2.24) is 24.9 Å². The first-order valence-corrected chi connectivity index (χ1v) is 8.12. The van der Waals surface area contributed by atoms with Gasteiger partial charge < -0.3 is 15.0 Å². The van der Waals surface area contributed by atoms with E-state index in [1.54, 1.807) is 36.0 Å². The highest BCUT2D eigenvalue weighted by Gasteiger charge is 2.22. The predicted molar refractivity (Wildman–Crippen MR) is 89.7 cm³/mol. The highest BCUT2D eigenvalue weighted by atomic mass is 16.5. The number of carbonyl (C=O) groups excluding carboxylic acids is 2. The fourth-order valence-electron chi connectivity index (χ4n) is 2.48. The first kappa shape index (κ1) is 18.2. The van der Waals surface area contributed by atoms with Gasteiger partial charge in [0, 0.05) is 65.8 Å². The Hall–Kier alpha value is -2.13. The van der Waals surface area contributed by atoms with Crippen LogP contribution in [0.5, 0.6) is 0 Å². The summed E-state index contributed by atoms with van der Waals surface area (Å²) in [5.74, 6) is 0.554. The lowest BCUT2D eigenvalue weighted by Gasteiger charge is -2.34. The summed E-state index contributed by atoms with van der Waals surface area (Å²) in [4.78, 5) is 27.8. The van der Waals surface area contributed by atoms with Crippen LogP contribution in [0.4, 0.5) is 10.6 Å². The molecule has 2 heterocycles. The minimum atomic E-state index is -0.155. The topological polar surface area (TPSA) is 91.7 Å². The minimum Gasteiger partial charge on any atom is -0.385 e. The van der Waals surface area contributed by atoms with E-state index < -0.39 is 0 Å². The number of nitrogens with one attached hydrogen (secondary N) is 2. The van der Waals surface area contributed by atoms with Crippen molar-refractivity contribution in [3.05, 3.63) is 12.3 Å². The molecule has 1 aliphatic rings. The molecule has 2 N–H and O–H groups in total. The molecule has 2 rings (SSSR count). The van der Waals surface area contributed by atoms with E-state index in [0.29, 0.717) is 51.7 Å². The Morgan fingerprint density at radius 3 is 2.67 bits per heavy atom. The molecule has 134 valence electrons. The Bertz CT molecular complexity index is 539. The average Bonchev–Trinajstić information content (AvgIpc) is 2.97. The standard InChI is InChI=1S/C15H26N6O3/c1-19-6-4-13(18-19)17-15(23)21-9-7-20(8-10-21)12-14(22)16-5-3-11-24-2/h4,6H,3,5,7-12H2,1-2H3,(H,16,22)(H,17,18,23). The monoisotopic (exact) mass is 338 g/mol. The van der Waals surface area contributed by atoms with Crippen LogP contribution in [0, 0.1) is 0 Å². The minimum absolute atomic E-state index is 0.0116. The number of aromatic nitrogens is 2. The maximum absolute atomic E-state index is 12.2. The lowest BCUT2D eigenvalue weighted by molar-refractivity contribution is -0.122. The lowest BCUT2D eigenvalue weighted by atomic mass is 10.3. The molecule has 1 aromatic heterocycles. The number of aryl methyl sites for hydroxylation is 1. The first-order chi connectivity index (χ1) is 11.6. The number of hydrogen-bond donors (Lipinski definition) is 2. The van der Waals surface area contributed by atoms with E-state index in [-0.39, 0.29) is 11.9 Å². The zero-order valence-electron chi connectivity index (χ0n) is 14.3. The van der Waals surface area contributed by atoms with Crippen molar-refractivity contribution in [3.8, 4) is 0 Å². The molecule has 1 saturated heterocycles. The third-order valence-electron chi connectivity index (χ3n) is 3.82. The second kappa shape index (κ2) is 9.24. The third-order valence-corrected chi connectivity index (χ3v) is 3.82. The number of amides is 3. The summed E-state index contributed by atoms with van der Waals surface area (Å²) >= 11 is 0. The second-order valence-electron chi connectivity index (χ2n) is 5.76. The van der Waals surface area contributed by atoms with Crippen molar-refractivity contribution >= 4 is 17.8 Å². The molecular formula is C15H26N6O3. The molecule has 0 radical (unpaired) electrons. The number of carbonyl (C=O) groups is 2. The van der Waals surface area contributed by atoms with Crippen molar-refractivity contribution < 1.29 is 14.3 Å².